The van der Waals surface area contributed by atoms with Gasteiger partial charge in [-0.05, 0) is 47.2 Å². The Kier molecular flexibility index (Phi) is 3.25. The molecule has 0 fully saturated rings. The van der Waals surface area contributed by atoms with Crippen LogP contribution in [0.15, 0.2) is 30.6 Å². The number of benzene rings is 1. The van der Waals surface area contributed by atoms with E-state index in [1.807, 2.05) is 31.3 Å². The number of aromatic nitrogens is 2. The first-order valence-electron chi connectivity index (χ1n) is 4.69. The maximum absolute atomic E-state index is 5.70. The van der Waals surface area contributed by atoms with E-state index in [0.29, 0.717) is 4.99 Å². The molecule has 0 spiro atoms. The number of aryl methyl sites for hydroxylation is 1. The number of nitrogens with two attached hydrogens (primary N) is 1. The lowest BCUT2D eigenvalue weighted by molar-refractivity contribution is 0.877. The van der Waals surface area contributed by atoms with Gasteiger partial charge >= 0.3 is 0 Å². The third kappa shape index (κ3) is 2.25. The van der Waals surface area contributed by atoms with Gasteiger partial charge < -0.3 is 5.73 Å². The molecule has 1 aromatic heterocycles. The molecule has 0 saturated heterocycles. The summed E-state index contributed by atoms with van der Waals surface area (Å²) in [5.41, 5.74) is 8.62. The van der Waals surface area contributed by atoms with E-state index in [9.17, 15) is 0 Å². The van der Waals surface area contributed by atoms with Gasteiger partial charge in [-0.3, -0.25) is 0 Å². The highest BCUT2D eigenvalue weighted by atomic mass is 127. The molecule has 82 valence electrons. The molecule has 2 N–H and O–H groups in total. The zero-order chi connectivity index (χ0) is 11.7. The lowest BCUT2D eigenvalue weighted by atomic mass is 10.1. The molecule has 5 heteroatoms. The molecule has 0 bridgehead atoms. The number of hydrogen-bond donors (Lipinski definition) is 1. The highest BCUT2D eigenvalue weighted by molar-refractivity contribution is 14.1. The predicted octanol–water partition coefficient (Wildman–Crippen LogP) is 2.42. The molecule has 0 amide bonds. The number of thiocarbonyl (C=S) groups is 1. The van der Waals surface area contributed by atoms with Crippen molar-refractivity contribution in [2.45, 2.75) is 6.92 Å². The first-order valence-corrected chi connectivity index (χ1v) is 6.17. The van der Waals surface area contributed by atoms with Crippen LogP contribution < -0.4 is 5.73 Å². The summed E-state index contributed by atoms with van der Waals surface area (Å²) < 4.78 is 2.87. The van der Waals surface area contributed by atoms with Crippen molar-refractivity contribution in [2.24, 2.45) is 5.73 Å². The molecule has 1 heterocycles. The third-order valence-electron chi connectivity index (χ3n) is 2.22. The van der Waals surface area contributed by atoms with Gasteiger partial charge in [-0.15, -0.1) is 0 Å². The fourth-order valence-corrected chi connectivity index (χ4v) is 2.03. The van der Waals surface area contributed by atoms with E-state index in [1.165, 1.54) is 0 Å². The molecule has 2 aromatic rings. The highest BCUT2D eigenvalue weighted by Gasteiger charge is 2.08. The van der Waals surface area contributed by atoms with Gasteiger partial charge in [0.1, 0.15) is 4.99 Å². The van der Waals surface area contributed by atoms with Crippen molar-refractivity contribution in [3.63, 3.8) is 0 Å². The molecular weight excluding hydrogens is 333 g/mol. The molecule has 0 aliphatic heterocycles. The largest absolute Gasteiger partial charge is 0.389 e. The normalized spacial score (nSPS) is 10.4. The maximum Gasteiger partial charge on any atom is 0.106 e. The molecule has 0 saturated carbocycles. The summed E-state index contributed by atoms with van der Waals surface area (Å²) in [7, 11) is 0. The molecule has 0 radical (unpaired) electrons. The van der Waals surface area contributed by atoms with E-state index in [1.54, 1.807) is 10.9 Å². The standard InChI is InChI=1S/C11H10IN3S/c1-7-2-3-9(11(13)16)10(4-7)15-6-8(12)5-14-15/h2-6H,1H3,(H2,13,16). The van der Waals surface area contributed by atoms with Gasteiger partial charge in [0.2, 0.25) is 0 Å². The summed E-state index contributed by atoms with van der Waals surface area (Å²) >= 11 is 7.25. The Hall–Kier alpha value is -0.950. The van der Waals surface area contributed by atoms with Crippen LogP contribution in [0.3, 0.4) is 0 Å². The van der Waals surface area contributed by atoms with Crippen LogP contribution in [0.25, 0.3) is 5.69 Å². The van der Waals surface area contributed by atoms with Crippen LogP contribution in [0, 0.1) is 10.5 Å². The van der Waals surface area contributed by atoms with Crippen LogP contribution in [-0.4, -0.2) is 14.8 Å². The van der Waals surface area contributed by atoms with E-state index in [4.69, 9.17) is 18.0 Å². The monoisotopic (exact) mass is 343 g/mol. The zero-order valence-electron chi connectivity index (χ0n) is 8.64. The lowest BCUT2D eigenvalue weighted by Crippen LogP contribution is -2.13. The molecular formula is C11H10IN3S. The van der Waals surface area contributed by atoms with Crippen LogP contribution in [0.2, 0.25) is 0 Å². The van der Waals surface area contributed by atoms with Crippen LogP contribution in [0.5, 0.6) is 0 Å². The number of nitrogens with zero attached hydrogens (tertiary/aromatic N) is 2. The molecule has 16 heavy (non-hydrogen) atoms. The molecule has 3 nitrogen and oxygen atoms in total. The predicted molar refractivity (Wildman–Crippen MR) is 76.9 cm³/mol. The molecule has 0 atom stereocenters. The fourth-order valence-electron chi connectivity index (χ4n) is 1.47. The van der Waals surface area contributed by atoms with E-state index < -0.39 is 0 Å². The first kappa shape index (κ1) is 11.5. The van der Waals surface area contributed by atoms with Crippen molar-refractivity contribution in [1.82, 2.24) is 9.78 Å². The van der Waals surface area contributed by atoms with Gasteiger partial charge in [0.05, 0.1) is 15.5 Å². The minimum absolute atomic E-state index is 0.389. The quantitative estimate of drug-likeness (QED) is 0.673. The van der Waals surface area contributed by atoms with Crippen molar-refractivity contribution in [3.05, 3.63) is 45.3 Å². The van der Waals surface area contributed by atoms with E-state index >= 15 is 0 Å². The Morgan fingerprint density at radius 1 is 1.50 bits per heavy atom. The molecule has 1 aromatic carbocycles. The maximum atomic E-state index is 5.70. The number of halogens is 1. The number of hydrogen-bond acceptors (Lipinski definition) is 2. The summed E-state index contributed by atoms with van der Waals surface area (Å²) in [6.07, 6.45) is 3.74. The van der Waals surface area contributed by atoms with Gasteiger partial charge in [-0.2, -0.15) is 5.10 Å². The van der Waals surface area contributed by atoms with Gasteiger partial charge in [0, 0.05) is 11.8 Å². The summed E-state index contributed by atoms with van der Waals surface area (Å²) in [6.45, 7) is 2.03. The van der Waals surface area contributed by atoms with E-state index in [2.05, 4.69) is 27.7 Å². The van der Waals surface area contributed by atoms with Crippen molar-refractivity contribution < 1.29 is 0 Å². The average molecular weight is 343 g/mol. The molecule has 2 rings (SSSR count). The molecule has 0 aliphatic rings. The molecule has 0 unspecified atom stereocenters. The van der Waals surface area contributed by atoms with Crippen molar-refractivity contribution in [1.29, 1.82) is 0 Å². The minimum Gasteiger partial charge on any atom is -0.389 e. The lowest BCUT2D eigenvalue weighted by Gasteiger charge is -2.09. The Morgan fingerprint density at radius 2 is 2.25 bits per heavy atom. The van der Waals surface area contributed by atoms with Crippen LogP contribution in [-0.2, 0) is 0 Å². The van der Waals surface area contributed by atoms with Crippen LogP contribution in [0.1, 0.15) is 11.1 Å². The Labute approximate surface area is 113 Å². The smallest absolute Gasteiger partial charge is 0.106 e. The Bertz CT molecular complexity index is 548. The van der Waals surface area contributed by atoms with Gasteiger partial charge in [0.15, 0.2) is 0 Å². The van der Waals surface area contributed by atoms with E-state index in [-0.39, 0.29) is 0 Å². The number of rotatable bonds is 2. The topological polar surface area (TPSA) is 43.8 Å². The second-order valence-corrected chi connectivity index (χ2v) is 5.17. The van der Waals surface area contributed by atoms with Crippen molar-refractivity contribution >= 4 is 39.8 Å². The Balaban J connectivity index is 2.62. The van der Waals surface area contributed by atoms with Gasteiger partial charge in [-0.1, -0.05) is 18.3 Å². The fraction of sp³-hybridized carbons (Fsp3) is 0.0909. The van der Waals surface area contributed by atoms with Crippen molar-refractivity contribution in [2.75, 3.05) is 0 Å². The SMILES string of the molecule is Cc1ccc(C(N)=S)c(-n2cc(I)cn2)c1. The second kappa shape index (κ2) is 4.50. The van der Waals surface area contributed by atoms with Gasteiger partial charge in [0.25, 0.3) is 0 Å². The van der Waals surface area contributed by atoms with E-state index in [0.717, 1.165) is 20.4 Å². The zero-order valence-corrected chi connectivity index (χ0v) is 11.6. The third-order valence-corrected chi connectivity index (χ3v) is 2.99. The Morgan fingerprint density at radius 3 is 2.81 bits per heavy atom. The first-order chi connectivity index (χ1) is 7.58. The molecule has 0 aliphatic carbocycles. The summed E-state index contributed by atoms with van der Waals surface area (Å²) in [6, 6.07) is 5.95. The van der Waals surface area contributed by atoms with Crippen molar-refractivity contribution in [3.8, 4) is 5.69 Å². The van der Waals surface area contributed by atoms with Gasteiger partial charge in [-0.25, -0.2) is 4.68 Å². The van der Waals surface area contributed by atoms with Crippen LogP contribution in [0.4, 0.5) is 0 Å². The summed E-state index contributed by atoms with van der Waals surface area (Å²) in [4.78, 5) is 0.389. The summed E-state index contributed by atoms with van der Waals surface area (Å²) in [5.74, 6) is 0. The van der Waals surface area contributed by atoms with Crippen LogP contribution >= 0.6 is 34.8 Å². The average Bonchev–Trinajstić information content (AvgIpc) is 2.64. The minimum atomic E-state index is 0.389. The summed E-state index contributed by atoms with van der Waals surface area (Å²) in [5, 5.41) is 4.26. The highest BCUT2D eigenvalue weighted by Crippen LogP contribution is 2.17. The second-order valence-electron chi connectivity index (χ2n) is 3.49.